The van der Waals surface area contributed by atoms with E-state index in [0.717, 1.165) is 38.8 Å². The molecule has 1 saturated carbocycles. The predicted octanol–water partition coefficient (Wildman–Crippen LogP) is 3.71. The summed E-state index contributed by atoms with van der Waals surface area (Å²) >= 11 is 0. The number of benzene rings is 1. The minimum Gasteiger partial charge on any atom is -0.405 e. The van der Waals surface area contributed by atoms with Gasteiger partial charge in [0.1, 0.15) is 5.75 Å². The topological polar surface area (TPSA) is 41.6 Å². The maximum absolute atomic E-state index is 13.1. The largest absolute Gasteiger partial charge is 0.573 e. The van der Waals surface area contributed by atoms with Crippen molar-refractivity contribution >= 4 is 5.91 Å². The van der Waals surface area contributed by atoms with Gasteiger partial charge in [0.15, 0.2) is 0 Å². The summed E-state index contributed by atoms with van der Waals surface area (Å²) in [4.78, 5) is 14.9. The van der Waals surface area contributed by atoms with E-state index in [1.807, 2.05) is 6.92 Å². The molecule has 0 spiro atoms. The molecule has 1 amide bonds. The molecule has 1 aromatic carbocycles. The van der Waals surface area contributed by atoms with E-state index in [0.29, 0.717) is 11.5 Å². The molecule has 1 unspecified atom stereocenters. The molecule has 1 aliphatic heterocycles. The lowest BCUT2D eigenvalue weighted by atomic mass is 9.87. The Morgan fingerprint density at radius 3 is 2.50 bits per heavy atom. The summed E-state index contributed by atoms with van der Waals surface area (Å²) in [6.07, 6.45) is -0.834. The molecule has 1 N–H and O–H groups in total. The van der Waals surface area contributed by atoms with Crippen LogP contribution < -0.4 is 10.1 Å². The summed E-state index contributed by atoms with van der Waals surface area (Å²) in [5, 5.41) is 3.17. The fourth-order valence-corrected chi connectivity index (χ4v) is 3.77. The Kier molecular flexibility index (Phi) is 5.75. The summed E-state index contributed by atoms with van der Waals surface area (Å²) in [5.41, 5.74) is 0.393. The van der Waals surface area contributed by atoms with Gasteiger partial charge in [-0.2, -0.15) is 0 Å². The number of alkyl halides is 3. The number of rotatable bonds is 6. The molecule has 0 aromatic heterocycles. The molecule has 1 aliphatic carbocycles. The molecule has 7 heteroatoms. The van der Waals surface area contributed by atoms with Crippen molar-refractivity contribution in [2.45, 2.75) is 51.6 Å². The molecule has 26 heavy (non-hydrogen) atoms. The van der Waals surface area contributed by atoms with Crippen molar-refractivity contribution in [2.24, 2.45) is 11.8 Å². The Hall–Kier alpha value is -1.76. The van der Waals surface area contributed by atoms with E-state index in [9.17, 15) is 18.0 Å². The first-order chi connectivity index (χ1) is 12.3. The maximum Gasteiger partial charge on any atom is 0.573 e. The average molecular weight is 370 g/mol. The highest BCUT2D eigenvalue weighted by Gasteiger charge is 2.36. The standard InChI is InChI=1S/C19H25F3N2O2/c1-13(15-10-23-11-15)18(25)24(16-7-3-4-8-16)12-14-6-2-5-9-17(14)26-19(20,21)22/h2,5-6,9,13,15-16,23H,3-4,7-8,10-12H2,1H3. The van der Waals surface area contributed by atoms with E-state index in [1.165, 1.54) is 12.1 Å². The molecular weight excluding hydrogens is 345 g/mol. The molecule has 0 radical (unpaired) electrons. The summed E-state index contributed by atoms with van der Waals surface area (Å²) in [5.74, 6) is -0.0282. The number of amides is 1. The Labute approximate surface area is 151 Å². The van der Waals surface area contributed by atoms with E-state index in [-0.39, 0.29) is 30.2 Å². The zero-order valence-corrected chi connectivity index (χ0v) is 14.9. The van der Waals surface area contributed by atoms with Crippen LogP contribution in [0.25, 0.3) is 0 Å². The summed E-state index contributed by atoms with van der Waals surface area (Å²) < 4.78 is 42.3. The molecule has 2 fully saturated rings. The van der Waals surface area contributed by atoms with Gasteiger partial charge in [0.25, 0.3) is 0 Å². The quantitative estimate of drug-likeness (QED) is 0.830. The van der Waals surface area contributed by atoms with Gasteiger partial charge in [0.05, 0.1) is 0 Å². The van der Waals surface area contributed by atoms with Crippen LogP contribution >= 0.6 is 0 Å². The third-order valence-electron chi connectivity index (χ3n) is 5.50. The Bertz CT molecular complexity index is 625. The smallest absolute Gasteiger partial charge is 0.405 e. The van der Waals surface area contributed by atoms with Gasteiger partial charge in [-0.05, 0) is 37.9 Å². The lowest BCUT2D eigenvalue weighted by Crippen LogP contribution is -2.51. The highest BCUT2D eigenvalue weighted by atomic mass is 19.4. The van der Waals surface area contributed by atoms with E-state index >= 15 is 0 Å². The summed E-state index contributed by atoms with van der Waals surface area (Å²) in [6, 6.07) is 6.19. The maximum atomic E-state index is 13.1. The second-order valence-corrected chi connectivity index (χ2v) is 7.27. The van der Waals surface area contributed by atoms with Crippen LogP contribution in [0.15, 0.2) is 24.3 Å². The van der Waals surface area contributed by atoms with Crippen LogP contribution in [-0.4, -0.2) is 36.3 Å². The number of nitrogens with zero attached hydrogens (tertiary/aromatic N) is 1. The summed E-state index contributed by atoms with van der Waals surface area (Å²) in [7, 11) is 0. The molecule has 144 valence electrons. The third kappa shape index (κ3) is 4.50. The molecule has 3 rings (SSSR count). The van der Waals surface area contributed by atoms with Gasteiger partial charge < -0.3 is 15.0 Å². The number of carbonyl (C=O) groups excluding carboxylic acids is 1. The van der Waals surface area contributed by atoms with Crippen molar-refractivity contribution in [3.8, 4) is 5.75 Å². The zero-order chi connectivity index (χ0) is 18.7. The molecule has 0 bridgehead atoms. The van der Waals surface area contributed by atoms with Gasteiger partial charge >= 0.3 is 6.36 Å². The number of para-hydroxylation sites is 1. The number of nitrogens with one attached hydrogen (secondary N) is 1. The van der Waals surface area contributed by atoms with E-state index < -0.39 is 6.36 Å². The number of ether oxygens (including phenoxy) is 1. The predicted molar refractivity (Wildman–Crippen MR) is 91.5 cm³/mol. The van der Waals surface area contributed by atoms with Crippen LogP contribution in [0.5, 0.6) is 5.75 Å². The van der Waals surface area contributed by atoms with Crippen molar-refractivity contribution in [3.63, 3.8) is 0 Å². The van der Waals surface area contributed by atoms with Crippen LogP contribution in [0.3, 0.4) is 0 Å². The SMILES string of the molecule is CC(C(=O)N(Cc1ccccc1OC(F)(F)F)C1CCCC1)C1CNC1. The van der Waals surface area contributed by atoms with Crippen LogP contribution in [0.4, 0.5) is 13.2 Å². The number of hydrogen-bond acceptors (Lipinski definition) is 3. The van der Waals surface area contributed by atoms with Gasteiger partial charge in [0.2, 0.25) is 5.91 Å². The van der Waals surface area contributed by atoms with E-state index in [2.05, 4.69) is 10.1 Å². The van der Waals surface area contributed by atoms with Crippen LogP contribution in [-0.2, 0) is 11.3 Å². The van der Waals surface area contributed by atoms with Gasteiger partial charge in [-0.1, -0.05) is 38.0 Å². The molecule has 1 saturated heterocycles. The minimum absolute atomic E-state index is 0.0326. The molecule has 2 aliphatic rings. The Balaban J connectivity index is 1.80. The monoisotopic (exact) mass is 370 g/mol. The van der Waals surface area contributed by atoms with Crippen LogP contribution in [0, 0.1) is 11.8 Å². The Morgan fingerprint density at radius 1 is 1.27 bits per heavy atom. The fourth-order valence-electron chi connectivity index (χ4n) is 3.77. The van der Waals surface area contributed by atoms with Crippen molar-refractivity contribution in [1.29, 1.82) is 0 Å². The van der Waals surface area contributed by atoms with Crippen LogP contribution in [0.1, 0.15) is 38.2 Å². The van der Waals surface area contributed by atoms with Gasteiger partial charge in [0, 0.05) is 24.1 Å². The second kappa shape index (κ2) is 7.86. The molecular formula is C19H25F3N2O2. The van der Waals surface area contributed by atoms with Crippen LogP contribution in [0.2, 0.25) is 0 Å². The molecule has 4 nitrogen and oxygen atoms in total. The number of carbonyl (C=O) groups is 1. The normalized spacial score (nSPS) is 19.8. The average Bonchev–Trinajstić information content (AvgIpc) is 3.04. The molecule has 1 atom stereocenters. The van der Waals surface area contributed by atoms with E-state index in [4.69, 9.17) is 0 Å². The zero-order valence-electron chi connectivity index (χ0n) is 14.9. The number of halogens is 3. The minimum atomic E-state index is -4.75. The fraction of sp³-hybridized carbons (Fsp3) is 0.632. The Morgan fingerprint density at radius 2 is 1.92 bits per heavy atom. The van der Waals surface area contributed by atoms with Gasteiger partial charge in [-0.25, -0.2) is 0 Å². The van der Waals surface area contributed by atoms with Gasteiger partial charge in [-0.15, -0.1) is 13.2 Å². The van der Waals surface area contributed by atoms with Crippen molar-refractivity contribution in [1.82, 2.24) is 10.2 Å². The van der Waals surface area contributed by atoms with Crippen molar-refractivity contribution in [2.75, 3.05) is 13.1 Å². The first kappa shape index (κ1) is 19.0. The third-order valence-corrected chi connectivity index (χ3v) is 5.50. The summed E-state index contributed by atoms with van der Waals surface area (Å²) in [6.45, 7) is 3.71. The lowest BCUT2D eigenvalue weighted by Gasteiger charge is -2.37. The molecule has 1 heterocycles. The highest BCUT2D eigenvalue weighted by molar-refractivity contribution is 5.79. The highest BCUT2D eigenvalue weighted by Crippen LogP contribution is 2.32. The first-order valence-electron chi connectivity index (χ1n) is 9.20. The molecule has 1 aromatic rings. The first-order valence-corrected chi connectivity index (χ1v) is 9.20. The van der Waals surface area contributed by atoms with Gasteiger partial charge in [-0.3, -0.25) is 4.79 Å². The second-order valence-electron chi connectivity index (χ2n) is 7.27. The lowest BCUT2D eigenvalue weighted by molar-refractivity contribution is -0.275. The van der Waals surface area contributed by atoms with E-state index in [1.54, 1.807) is 17.0 Å². The number of hydrogen-bond donors (Lipinski definition) is 1. The van der Waals surface area contributed by atoms with Crippen molar-refractivity contribution < 1.29 is 22.7 Å². The van der Waals surface area contributed by atoms with Crippen molar-refractivity contribution in [3.05, 3.63) is 29.8 Å².